The number of nitrogens with two attached hydrogens (primary N) is 1. The number of nitrogens with zero attached hydrogens (tertiary/aromatic N) is 2. The molecule has 0 bridgehead atoms. The van der Waals surface area contributed by atoms with Gasteiger partial charge in [0.25, 0.3) is 5.91 Å². The molecule has 100 valence electrons. The van der Waals surface area contributed by atoms with Gasteiger partial charge in [0.05, 0.1) is 0 Å². The molecule has 5 nitrogen and oxygen atoms in total. The molecule has 0 spiro atoms. The highest BCUT2D eigenvalue weighted by Gasteiger charge is 2.29. The monoisotopic (exact) mass is 268 g/mol. The number of nitrogens with one attached hydrogen (secondary N) is 1. The second-order valence-corrected chi connectivity index (χ2v) is 5.63. The number of aromatic nitrogens is 1. The van der Waals surface area contributed by atoms with Gasteiger partial charge in [-0.05, 0) is 45.1 Å². The molecule has 6 heteroatoms. The second-order valence-electron chi connectivity index (χ2n) is 4.88. The number of rotatable bonds is 5. The number of carbonyl (C=O) groups excluding carboxylic acids is 1. The van der Waals surface area contributed by atoms with Crippen molar-refractivity contribution in [2.24, 2.45) is 0 Å². The highest BCUT2D eigenvalue weighted by molar-refractivity contribution is 7.11. The van der Waals surface area contributed by atoms with Gasteiger partial charge in [0.1, 0.15) is 10.6 Å². The zero-order valence-electron chi connectivity index (χ0n) is 11.1. The third-order valence-electron chi connectivity index (χ3n) is 3.06. The summed E-state index contributed by atoms with van der Waals surface area (Å²) in [5.41, 5.74) is 6.39. The van der Waals surface area contributed by atoms with Gasteiger partial charge in [0, 0.05) is 18.6 Å². The van der Waals surface area contributed by atoms with Crippen molar-refractivity contribution in [2.45, 2.75) is 45.7 Å². The molecule has 0 aromatic carbocycles. The molecule has 1 heterocycles. The van der Waals surface area contributed by atoms with Gasteiger partial charge in [-0.1, -0.05) is 0 Å². The largest absolute Gasteiger partial charge is 0.382 e. The van der Waals surface area contributed by atoms with E-state index in [4.69, 9.17) is 5.73 Å². The highest BCUT2D eigenvalue weighted by Crippen LogP contribution is 2.32. The first kappa shape index (κ1) is 13.1. The third kappa shape index (κ3) is 2.58. The minimum absolute atomic E-state index is 0.0853. The Balaban J connectivity index is 2.27. The van der Waals surface area contributed by atoms with Crippen LogP contribution in [0.4, 0.5) is 10.8 Å². The smallest absolute Gasteiger partial charge is 0.258 e. The predicted molar refractivity (Wildman–Crippen MR) is 75.2 cm³/mol. The van der Waals surface area contributed by atoms with E-state index in [0.717, 1.165) is 24.4 Å². The van der Waals surface area contributed by atoms with Gasteiger partial charge in [-0.25, -0.2) is 0 Å². The van der Waals surface area contributed by atoms with Gasteiger partial charge in [0.2, 0.25) is 0 Å². The molecule has 1 aromatic heterocycles. The number of amides is 1. The summed E-state index contributed by atoms with van der Waals surface area (Å²) in [6.07, 6.45) is 2.14. The van der Waals surface area contributed by atoms with Crippen LogP contribution < -0.4 is 16.0 Å². The standard InChI is InChI=1S/C12H20N4OS/c1-4-16(7(2)3)12-9(10(13)15-18-12)11(17)14-8-5-6-8/h7-8H,4-6H2,1-3H3,(H2,13,15)(H,14,17). The van der Waals surface area contributed by atoms with Crippen molar-refractivity contribution in [2.75, 3.05) is 17.2 Å². The molecule has 0 saturated heterocycles. The minimum atomic E-state index is -0.0853. The number of nitrogen functional groups attached to an aromatic ring is 1. The van der Waals surface area contributed by atoms with E-state index in [2.05, 4.69) is 35.4 Å². The zero-order valence-corrected chi connectivity index (χ0v) is 11.9. The van der Waals surface area contributed by atoms with Crippen LogP contribution in [0.2, 0.25) is 0 Å². The molecule has 0 radical (unpaired) electrons. The van der Waals surface area contributed by atoms with E-state index >= 15 is 0 Å². The maximum absolute atomic E-state index is 12.2. The fourth-order valence-electron chi connectivity index (χ4n) is 1.93. The molecule has 1 aliphatic carbocycles. The topological polar surface area (TPSA) is 71.2 Å². The van der Waals surface area contributed by atoms with Crippen molar-refractivity contribution in [1.82, 2.24) is 9.69 Å². The lowest BCUT2D eigenvalue weighted by Gasteiger charge is -2.26. The van der Waals surface area contributed by atoms with Gasteiger partial charge in [0.15, 0.2) is 5.82 Å². The highest BCUT2D eigenvalue weighted by atomic mass is 32.1. The first-order chi connectivity index (χ1) is 8.54. The van der Waals surface area contributed by atoms with Crippen molar-refractivity contribution >= 4 is 28.3 Å². The molecule has 1 aromatic rings. The summed E-state index contributed by atoms with van der Waals surface area (Å²) in [5, 5.41) is 3.85. The van der Waals surface area contributed by atoms with Crippen LogP contribution >= 0.6 is 11.5 Å². The summed E-state index contributed by atoms with van der Waals surface area (Å²) in [4.78, 5) is 14.3. The van der Waals surface area contributed by atoms with Crippen LogP contribution in [-0.2, 0) is 0 Å². The molecule has 1 aliphatic rings. The van der Waals surface area contributed by atoms with E-state index < -0.39 is 0 Å². The fourth-order valence-corrected chi connectivity index (χ4v) is 2.94. The molecule has 0 aliphatic heterocycles. The summed E-state index contributed by atoms with van der Waals surface area (Å²) < 4.78 is 4.13. The normalized spacial score (nSPS) is 14.9. The van der Waals surface area contributed by atoms with Crippen molar-refractivity contribution in [3.63, 3.8) is 0 Å². The molecular formula is C12H20N4OS. The van der Waals surface area contributed by atoms with Gasteiger partial charge in [-0.2, -0.15) is 4.37 Å². The Morgan fingerprint density at radius 2 is 2.28 bits per heavy atom. The zero-order chi connectivity index (χ0) is 13.3. The van der Waals surface area contributed by atoms with E-state index in [9.17, 15) is 4.79 Å². The Kier molecular flexibility index (Phi) is 3.75. The van der Waals surface area contributed by atoms with Crippen molar-refractivity contribution in [3.05, 3.63) is 5.56 Å². The van der Waals surface area contributed by atoms with E-state index in [1.807, 2.05) is 0 Å². The number of hydrogen-bond acceptors (Lipinski definition) is 5. The Labute approximate surface area is 112 Å². The molecule has 1 fully saturated rings. The molecule has 1 amide bonds. The third-order valence-corrected chi connectivity index (χ3v) is 3.96. The van der Waals surface area contributed by atoms with Gasteiger partial charge >= 0.3 is 0 Å². The van der Waals surface area contributed by atoms with E-state index in [1.54, 1.807) is 0 Å². The molecule has 0 atom stereocenters. The molecule has 3 N–H and O–H groups in total. The van der Waals surface area contributed by atoms with Crippen LogP contribution in [-0.4, -0.2) is 28.9 Å². The molecule has 0 unspecified atom stereocenters. The average Bonchev–Trinajstić information content (AvgIpc) is 3.02. The summed E-state index contributed by atoms with van der Waals surface area (Å²) >= 11 is 1.30. The predicted octanol–water partition coefficient (Wildman–Crippen LogP) is 1.85. The van der Waals surface area contributed by atoms with Crippen LogP contribution in [0.5, 0.6) is 0 Å². The first-order valence-corrected chi connectivity index (χ1v) is 7.14. The number of anilines is 2. The average molecular weight is 268 g/mol. The quantitative estimate of drug-likeness (QED) is 0.855. The lowest BCUT2D eigenvalue weighted by Crippen LogP contribution is -2.33. The Morgan fingerprint density at radius 1 is 1.61 bits per heavy atom. The fraction of sp³-hybridized carbons (Fsp3) is 0.667. The molecule has 18 heavy (non-hydrogen) atoms. The minimum Gasteiger partial charge on any atom is -0.382 e. The maximum atomic E-state index is 12.2. The van der Waals surface area contributed by atoms with Crippen LogP contribution in [0.15, 0.2) is 0 Å². The van der Waals surface area contributed by atoms with E-state index in [-0.39, 0.29) is 5.91 Å². The Hall–Kier alpha value is -1.30. The van der Waals surface area contributed by atoms with Crippen LogP contribution in [0.1, 0.15) is 44.0 Å². The summed E-state index contributed by atoms with van der Waals surface area (Å²) in [6.45, 7) is 7.10. The van der Waals surface area contributed by atoms with Crippen LogP contribution in [0.3, 0.4) is 0 Å². The van der Waals surface area contributed by atoms with Crippen LogP contribution in [0.25, 0.3) is 0 Å². The van der Waals surface area contributed by atoms with Crippen LogP contribution in [0, 0.1) is 0 Å². The van der Waals surface area contributed by atoms with Gasteiger partial charge in [-0.3, -0.25) is 4.79 Å². The summed E-state index contributed by atoms with van der Waals surface area (Å²) in [7, 11) is 0. The maximum Gasteiger partial charge on any atom is 0.258 e. The number of carbonyl (C=O) groups is 1. The molecular weight excluding hydrogens is 248 g/mol. The van der Waals surface area contributed by atoms with E-state index in [0.29, 0.717) is 23.5 Å². The lowest BCUT2D eigenvalue weighted by atomic mass is 10.2. The number of hydrogen-bond donors (Lipinski definition) is 2. The first-order valence-electron chi connectivity index (χ1n) is 6.37. The lowest BCUT2D eigenvalue weighted by molar-refractivity contribution is 0.0952. The molecule has 1 saturated carbocycles. The summed E-state index contributed by atoms with van der Waals surface area (Å²) in [5.74, 6) is 0.255. The van der Waals surface area contributed by atoms with Gasteiger partial charge in [-0.15, -0.1) is 0 Å². The van der Waals surface area contributed by atoms with E-state index in [1.165, 1.54) is 11.5 Å². The molecule has 2 rings (SSSR count). The van der Waals surface area contributed by atoms with Crippen molar-refractivity contribution in [3.8, 4) is 0 Å². The SMILES string of the molecule is CCN(c1snc(N)c1C(=O)NC1CC1)C(C)C. The van der Waals surface area contributed by atoms with Crippen molar-refractivity contribution in [1.29, 1.82) is 0 Å². The Bertz CT molecular complexity index is 439. The summed E-state index contributed by atoms with van der Waals surface area (Å²) in [6, 6.07) is 0.654. The van der Waals surface area contributed by atoms with Gasteiger partial charge < -0.3 is 16.0 Å². The second kappa shape index (κ2) is 5.14. The van der Waals surface area contributed by atoms with Crippen molar-refractivity contribution < 1.29 is 4.79 Å². The Morgan fingerprint density at radius 3 is 2.78 bits per heavy atom.